The number of aromatic carboxylic acids is 1. The standard InChI is InChI=1S/C25H24N2O3/c1-4-26-16-10-12-20-22(14-16)30-23-15-17(27(3)5-2)11-13-21(23)24(20)18-8-6-7-9-19(18)25(28)29/h6-15H,4-5H2,1-3H3,(H,28,29)/b26-16-. The SMILES string of the molecule is CC/N=c1/ccc2c(-c3ccccc3C(=O)O)c3ccc(N(C)CC)cc3oc-2c1. The molecule has 0 saturated heterocycles. The van der Waals surface area contributed by atoms with Crippen LogP contribution in [0.3, 0.4) is 0 Å². The number of hydrogen-bond donors (Lipinski definition) is 1. The van der Waals surface area contributed by atoms with Crippen molar-refractivity contribution in [1.29, 1.82) is 0 Å². The van der Waals surface area contributed by atoms with Crippen molar-refractivity contribution in [3.8, 4) is 22.5 Å². The number of hydrogen-bond acceptors (Lipinski definition) is 4. The zero-order valence-electron chi connectivity index (χ0n) is 17.3. The predicted octanol–water partition coefficient (Wildman–Crippen LogP) is 5.28. The quantitative estimate of drug-likeness (QED) is 0.463. The molecule has 2 aliphatic rings. The Balaban J connectivity index is 2.13. The van der Waals surface area contributed by atoms with Crippen LogP contribution < -0.4 is 10.3 Å². The van der Waals surface area contributed by atoms with Gasteiger partial charge in [0.15, 0.2) is 0 Å². The maximum Gasteiger partial charge on any atom is 0.336 e. The van der Waals surface area contributed by atoms with E-state index < -0.39 is 5.97 Å². The van der Waals surface area contributed by atoms with Gasteiger partial charge in [-0.05, 0) is 49.7 Å². The second kappa shape index (κ2) is 8.03. The van der Waals surface area contributed by atoms with Crippen molar-refractivity contribution < 1.29 is 14.3 Å². The molecule has 5 heteroatoms. The average Bonchev–Trinajstić information content (AvgIpc) is 2.76. The lowest BCUT2D eigenvalue weighted by Crippen LogP contribution is -2.15. The van der Waals surface area contributed by atoms with Gasteiger partial charge in [-0.25, -0.2) is 4.79 Å². The lowest BCUT2D eigenvalue weighted by atomic mass is 9.90. The van der Waals surface area contributed by atoms with Crippen LogP contribution in [0.1, 0.15) is 24.2 Å². The summed E-state index contributed by atoms with van der Waals surface area (Å²) in [5, 5.41) is 11.5. The highest BCUT2D eigenvalue weighted by atomic mass is 16.4. The first-order chi connectivity index (χ1) is 14.5. The summed E-state index contributed by atoms with van der Waals surface area (Å²) >= 11 is 0. The van der Waals surface area contributed by atoms with Crippen molar-refractivity contribution in [2.75, 3.05) is 25.0 Å². The molecule has 0 radical (unpaired) electrons. The van der Waals surface area contributed by atoms with Gasteiger partial charge in [-0.3, -0.25) is 4.99 Å². The molecular weight excluding hydrogens is 376 g/mol. The first-order valence-electron chi connectivity index (χ1n) is 10.1. The van der Waals surface area contributed by atoms with E-state index in [9.17, 15) is 9.90 Å². The normalized spacial score (nSPS) is 11.9. The minimum atomic E-state index is -0.951. The fourth-order valence-electron chi connectivity index (χ4n) is 3.75. The van der Waals surface area contributed by atoms with Gasteiger partial charge in [-0.1, -0.05) is 18.2 Å². The molecule has 30 heavy (non-hydrogen) atoms. The highest BCUT2D eigenvalue weighted by Crippen LogP contribution is 2.41. The summed E-state index contributed by atoms with van der Waals surface area (Å²) in [5.41, 5.74) is 4.42. The Bertz CT molecular complexity index is 1270. The van der Waals surface area contributed by atoms with E-state index in [1.54, 1.807) is 12.1 Å². The smallest absolute Gasteiger partial charge is 0.336 e. The molecule has 0 atom stereocenters. The maximum absolute atomic E-state index is 11.9. The summed E-state index contributed by atoms with van der Waals surface area (Å²) in [4.78, 5) is 18.6. The van der Waals surface area contributed by atoms with Gasteiger partial charge in [0, 0.05) is 54.5 Å². The van der Waals surface area contributed by atoms with Crippen LogP contribution >= 0.6 is 0 Å². The van der Waals surface area contributed by atoms with Gasteiger partial charge in [-0.15, -0.1) is 0 Å². The van der Waals surface area contributed by atoms with Crippen LogP contribution in [0.2, 0.25) is 0 Å². The van der Waals surface area contributed by atoms with Gasteiger partial charge in [0.05, 0.1) is 10.9 Å². The molecule has 0 aromatic heterocycles. The van der Waals surface area contributed by atoms with E-state index >= 15 is 0 Å². The van der Waals surface area contributed by atoms with Crippen LogP contribution in [0.25, 0.3) is 33.4 Å². The van der Waals surface area contributed by atoms with Crippen molar-refractivity contribution in [1.82, 2.24) is 0 Å². The van der Waals surface area contributed by atoms with Crippen LogP contribution in [-0.2, 0) is 0 Å². The van der Waals surface area contributed by atoms with Crippen molar-refractivity contribution in [2.24, 2.45) is 4.99 Å². The fourth-order valence-corrected chi connectivity index (χ4v) is 3.75. The Morgan fingerprint density at radius 2 is 1.83 bits per heavy atom. The Labute approximate surface area is 175 Å². The third-order valence-electron chi connectivity index (χ3n) is 5.37. The molecule has 0 fully saturated rings. The Morgan fingerprint density at radius 3 is 2.57 bits per heavy atom. The second-order valence-electron chi connectivity index (χ2n) is 7.18. The maximum atomic E-state index is 11.9. The number of benzene rings is 3. The molecule has 0 unspecified atom stereocenters. The van der Waals surface area contributed by atoms with E-state index in [-0.39, 0.29) is 5.56 Å². The van der Waals surface area contributed by atoms with Gasteiger partial charge in [0.25, 0.3) is 0 Å². The lowest BCUT2D eigenvalue weighted by Gasteiger charge is -2.20. The van der Waals surface area contributed by atoms with E-state index in [2.05, 4.69) is 16.8 Å². The number of anilines is 1. The highest BCUT2D eigenvalue weighted by molar-refractivity contribution is 6.07. The van der Waals surface area contributed by atoms with Crippen molar-refractivity contribution in [2.45, 2.75) is 13.8 Å². The van der Waals surface area contributed by atoms with Crippen LogP contribution in [0.4, 0.5) is 5.69 Å². The zero-order valence-corrected chi connectivity index (χ0v) is 17.3. The number of carboxylic acid groups (broad SMARTS) is 1. The summed E-state index contributed by atoms with van der Waals surface area (Å²) in [6.45, 7) is 5.63. The second-order valence-corrected chi connectivity index (χ2v) is 7.18. The number of carbonyl (C=O) groups is 1. The third kappa shape index (κ3) is 3.43. The number of carboxylic acids is 1. The summed E-state index contributed by atoms with van der Waals surface area (Å²) in [7, 11) is 2.03. The Kier molecular flexibility index (Phi) is 5.27. The molecule has 0 amide bonds. The molecule has 152 valence electrons. The molecule has 1 N–H and O–H groups in total. The molecule has 1 aliphatic heterocycles. The fraction of sp³-hybridized carbons (Fsp3) is 0.200. The third-order valence-corrected chi connectivity index (χ3v) is 5.37. The largest absolute Gasteiger partial charge is 0.478 e. The topological polar surface area (TPSA) is 66.0 Å². The molecule has 0 bridgehead atoms. The van der Waals surface area contributed by atoms with Crippen molar-refractivity contribution in [3.05, 3.63) is 71.6 Å². The molecule has 1 heterocycles. The summed E-state index contributed by atoms with van der Waals surface area (Å²) in [5.74, 6) is -0.267. The Hall–Kier alpha value is -3.60. The van der Waals surface area contributed by atoms with E-state index in [1.807, 2.05) is 62.5 Å². The van der Waals surface area contributed by atoms with Crippen molar-refractivity contribution in [3.63, 3.8) is 0 Å². The monoisotopic (exact) mass is 400 g/mol. The van der Waals surface area contributed by atoms with Gasteiger partial charge in [0.2, 0.25) is 0 Å². The van der Waals surface area contributed by atoms with E-state index in [0.29, 0.717) is 23.5 Å². The van der Waals surface area contributed by atoms with Crippen molar-refractivity contribution >= 4 is 22.6 Å². The van der Waals surface area contributed by atoms with Crippen LogP contribution in [0.5, 0.6) is 0 Å². The molecule has 0 spiro atoms. The van der Waals surface area contributed by atoms with Gasteiger partial charge in [-0.2, -0.15) is 0 Å². The van der Waals surface area contributed by atoms with E-state index in [1.165, 1.54) is 0 Å². The summed E-state index contributed by atoms with van der Waals surface area (Å²) in [6, 6.07) is 19.0. The molecule has 4 rings (SSSR count). The number of nitrogens with zero attached hydrogens (tertiary/aromatic N) is 2. The highest BCUT2D eigenvalue weighted by Gasteiger charge is 2.21. The minimum absolute atomic E-state index is 0.267. The average molecular weight is 400 g/mol. The molecule has 2 aromatic carbocycles. The zero-order chi connectivity index (χ0) is 21.3. The molecule has 2 aromatic rings. The van der Waals surface area contributed by atoms with Gasteiger partial charge < -0.3 is 14.4 Å². The molecule has 0 saturated carbocycles. The predicted molar refractivity (Wildman–Crippen MR) is 120 cm³/mol. The van der Waals surface area contributed by atoms with Gasteiger partial charge >= 0.3 is 5.97 Å². The van der Waals surface area contributed by atoms with E-state index in [0.717, 1.165) is 34.1 Å². The summed E-state index contributed by atoms with van der Waals surface area (Å²) < 4.78 is 6.30. The Morgan fingerprint density at radius 1 is 1.03 bits per heavy atom. The molecule has 1 aliphatic carbocycles. The van der Waals surface area contributed by atoms with Crippen LogP contribution in [0, 0.1) is 0 Å². The summed E-state index contributed by atoms with van der Waals surface area (Å²) in [6.07, 6.45) is 0. The van der Waals surface area contributed by atoms with E-state index in [4.69, 9.17) is 4.42 Å². The number of rotatable bonds is 5. The van der Waals surface area contributed by atoms with Gasteiger partial charge in [0.1, 0.15) is 11.3 Å². The first-order valence-corrected chi connectivity index (χ1v) is 10.1. The van der Waals surface area contributed by atoms with Crippen LogP contribution in [0.15, 0.2) is 70.1 Å². The molecule has 5 nitrogen and oxygen atoms in total. The van der Waals surface area contributed by atoms with Crippen LogP contribution in [-0.4, -0.2) is 31.2 Å². The molecular formula is C25H24N2O3. The number of fused-ring (bicyclic) bond motifs is 2. The minimum Gasteiger partial charge on any atom is -0.478 e. The lowest BCUT2D eigenvalue weighted by molar-refractivity contribution is 0.0697. The first kappa shape index (κ1) is 19.7.